The Labute approximate surface area is 80.9 Å². The van der Waals surface area contributed by atoms with Gasteiger partial charge < -0.3 is 10.5 Å². The molecule has 14 heavy (non-hydrogen) atoms. The van der Waals surface area contributed by atoms with Gasteiger partial charge in [0, 0.05) is 12.6 Å². The molecule has 0 aliphatic heterocycles. The maximum atomic E-state index is 12.9. The standard InChI is InChI=1S/C9H12F2N2O/c1-14-8-2-7(4-13-5-8)3-9(10,11)6-12/h2,4-5H,3,6,12H2,1H3. The molecule has 0 saturated carbocycles. The van der Waals surface area contributed by atoms with Crippen LogP contribution in [0.25, 0.3) is 0 Å². The van der Waals surface area contributed by atoms with Gasteiger partial charge in [0.25, 0.3) is 5.92 Å². The number of hydrogen-bond acceptors (Lipinski definition) is 3. The molecule has 0 unspecified atom stereocenters. The number of alkyl halides is 2. The normalized spacial score (nSPS) is 11.4. The minimum absolute atomic E-state index is 0.409. The number of ether oxygens (including phenoxy) is 1. The third-order valence-electron chi connectivity index (χ3n) is 1.77. The fourth-order valence-electron chi connectivity index (χ4n) is 1.04. The van der Waals surface area contributed by atoms with Gasteiger partial charge in [0.1, 0.15) is 5.75 Å². The van der Waals surface area contributed by atoms with Gasteiger partial charge in [-0.25, -0.2) is 8.78 Å². The van der Waals surface area contributed by atoms with Gasteiger partial charge in [0.05, 0.1) is 19.9 Å². The Bertz CT molecular complexity index is 305. The molecule has 1 aromatic rings. The van der Waals surface area contributed by atoms with Gasteiger partial charge in [0.2, 0.25) is 0 Å². The van der Waals surface area contributed by atoms with Crippen LogP contribution in [0.3, 0.4) is 0 Å². The van der Waals surface area contributed by atoms with Crippen molar-refractivity contribution >= 4 is 0 Å². The van der Waals surface area contributed by atoms with Crippen molar-refractivity contribution in [2.24, 2.45) is 5.73 Å². The van der Waals surface area contributed by atoms with Gasteiger partial charge in [0.15, 0.2) is 0 Å². The summed E-state index contributed by atoms with van der Waals surface area (Å²) in [7, 11) is 1.46. The Morgan fingerprint density at radius 2 is 2.21 bits per heavy atom. The zero-order valence-electron chi connectivity index (χ0n) is 7.84. The van der Waals surface area contributed by atoms with Crippen molar-refractivity contribution in [1.82, 2.24) is 4.98 Å². The first-order chi connectivity index (χ1) is 6.57. The van der Waals surface area contributed by atoms with Crippen molar-refractivity contribution in [2.75, 3.05) is 13.7 Å². The van der Waals surface area contributed by atoms with Gasteiger partial charge in [-0.15, -0.1) is 0 Å². The Hall–Kier alpha value is -1.23. The molecule has 1 aromatic heterocycles. The van der Waals surface area contributed by atoms with E-state index in [-0.39, 0.29) is 0 Å². The van der Waals surface area contributed by atoms with E-state index in [2.05, 4.69) is 4.98 Å². The Kier molecular flexibility index (Phi) is 3.35. The van der Waals surface area contributed by atoms with Crippen LogP contribution in [0.1, 0.15) is 5.56 Å². The second-order valence-electron chi connectivity index (χ2n) is 2.97. The summed E-state index contributed by atoms with van der Waals surface area (Å²) in [6, 6.07) is 1.52. The topological polar surface area (TPSA) is 48.1 Å². The molecule has 0 aromatic carbocycles. The van der Waals surface area contributed by atoms with Crippen LogP contribution in [0.4, 0.5) is 8.78 Å². The number of hydrogen-bond donors (Lipinski definition) is 1. The lowest BCUT2D eigenvalue weighted by molar-refractivity contribution is 0.0114. The smallest absolute Gasteiger partial charge is 0.264 e. The van der Waals surface area contributed by atoms with Crippen molar-refractivity contribution < 1.29 is 13.5 Å². The van der Waals surface area contributed by atoms with Crippen molar-refractivity contribution in [3.8, 4) is 5.75 Å². The lowest BCUT2D eigenvalue weighted by Crippen LogP contribution is -2.30. The van der Waals surface area contributed by atoms with Gasteiger partial charge >= 0.3 is 0 Å². The van der Waals surface area contributed by atoms with Gasteiger partial charge in [-0.1, -0.05) is 0 Å². The Balaban J connectivity index is 2.76. The molecule has 78 valence electrons. The summed E-state index contributed by atoms with van der Waals surface area (Å²) in [6.07, 6.45) is 2.43. The number of nitrogens with zero attached hydrogens (tertiary/aromatic N) is 1. The first kappa shape index (κ1) is 10.8. The zero-order valence-corrected chi connectivity index (χ0v) is 7.84. The Morgan fingerprint density at radius 3 is 2.79 bits per heavy atom. The summed E-state index contributed by atoms with van der Waals surface area (Å²) < 4.78 is 30.6. The highest BCUT2D eigenvalue weighted by molar-refractivity contribution is 5.24. The van der Waals surface area contributed by atoms with Gasteiger partial charge in [-0.3, -0.25) is 4.98 Å². The molecule has 0 spiro atoms. The molecule has 0 radical (unpaired) electrons. The number of halogens is 2. The summed E-state index contributed by atoms with van der Waals surface area (Å²) in [6.45, 7) is -0.662. The van der Waals surface area contributed by atoms with Crippen molar-refractivity contribution in [1.29, 1.82) is 0 Å². The highest BCUT2D eigenvalue weighted by atomic mass is 19.3. The molecule has 0 bridgehead atoms. The van der Waals surface area contributed by atoms with Crippen LogP contribution in [0.2, 0.25) is 0 Å². The van der Waals surface area contributed by atoms with Crippen LogP contribution in [-0.2, 0) is 6.42 Å². The fraction of sp³-hybridized carbons (Fsp3) is 0.444. The molecule has 3 nitrogen and oxygen atoms in total. The van der Waals surface area contributed by atoms with Crippen molar-refractivity contribution in [3.05, 3.63) is 24.0 Å². The van der Waals surface area contributed by atoms with Crippen LogP contribution in [0.5, 0.6) is 5.75 Å². The van der Waals surface area contributed by atoms with E-state index >= 15 is 0 Å². The fourth-order valence-corrected chi connectivity index (χ4v) is 1.04. The maximum Gasteiger partial charge on any atom is 0.264 e. The monoisotopic (exact) mass is 202 g/mol. The highest BCUT2D eigenvalue weighted by Crippen LogP contribution is 2.20. The van der Waals surface area contributed by atoms with Gasteiger partial charge in [-0.2, -0.15) is 0 Å². The van der Waals surface area contributed by atoms with Crippen LogP contribution >= 0.6 is 0 Å². The second kappa shape index (κ2) is 4.32. The molecule has 0 aliphatic carbocycles. The molecule has 5 heteroatoms. The minimum atomic E-state index is -2.88. The molecule has 0 amide bonds. The molecular formula is C9H12F2N2O. The third kappa shape index (κ3) is 2.92. The number of pyridine rings is 1. The molecule has 0 aliphatic rings. The van der Waals surface area contributed by atoms with Crippen molar-refractivity contribution in [3.63, 3.8) is 0 Å². The van der Waals surface area contributed by atoms with E-state index in [1.54, 1.807) is 0 Å². The average Bonchev–Trinajstić information content (AvgIpc) is 2.17. The Morgan fingerprint density at radius 1 is 1.50 bits per heavy atom. The zero-order chi connectivity index (χ0) is 10.6. The molecule has 0 atom stereocenters. The van der Waals surface area contributed by atoms with Crippen LogP contribution in [0, 0.1) is 0 Å². The quantitative estimate of drug-likeness (QED) is 0.798. The summed E-state index contributed by atoms with van der Waals surface area (Å²) in [4.78, 5) is 3.77. The van der Waals surface area contributed by atoms with Crippen LogP contribution in [0.15, 0.2) is 18.5 Å². The number of rotatable bonds is 4. The highest BCUT2D eigenvalue weighted by Gasteiger charge is 2.27. The summed E-state index contributed by atoms with van der Waals surface area (Å²) in [5, 5.41) is 0. The van der Waals surface area contributed by atoms with E-state index in [1.807, 2.05) is 0 Å². The third-order valence-corrected chi connectivity index (χ3v) is 1.77. The molecule has 1 rings (SSSR count). The van der Waals surface area contributed by atoms with Crippen LogP contribution < -0.4 is 10.5 Å². The summed E-state index contributed by atoms with van der Waals surface area (Å²) >= 11 is 0. The predicted octanol–water partition coefficient (Wildman–Crippen LogP) is 1.23. The molecule has 1 heterocycles. The first-order valence-corrected chi connectivity index (χ1v) is 4.13. The lowest BCUT2D eigenvalue weighted by atomic mass is 10.1. The molecule has 2 N–H and O–H groups in total. The van der Waals surface area contributed by atoms with E-state index in [9.17, 15) is 8.78 Å². The summed E-state index contributed by atoms with van der Waals surface area (Å²) in [5.74, 6) is -2.41. The summed E-state index contributed by atoms with van der Waals surface area (Å²) in [5.41, 5.74) is 5.34. The minimum Gasteiger partial charge on any atom is -0.495 e. The number of methoxy groups -OCH3 is 1. The largest absolute Gasteiger partial charge is 0.495 e. The SMILES string of the molecule is COc1cncc(CC(F)(F)CN)c1. The maximum absolute atomic E-state index is 12.9. The lowest BCUT2D eigenvalue weighted by Gasteiger charge is -2.13. The average molecular weight is 202 g/mol. The van der Waals surface area contributed by atoms with E-state index in [4.69, 9.17) is 10.5 Å². The van der Waals surface area contributed by atoms with Gasteiger partial charge in [-0.05, 0) is 11.6 Å². The first-order valence-electron chi connectivity index (χ1n) is 4.13. The molecule has 0 saturated heterocycles. The van der Waals surface area contributed by atoms with E-state index in [0.29, 0.717) is 11.3 Å². The van der Waals surface area contributed by atoms with E-state index < -0.39 is 18.9 Å². The molecular weight excluding hydrogens is 190 g/mol. The van der Waals surface area contributed by atoms with E-state index in [0.717, 1.165) is 0 Å². The molecule has 0 fully saturated rings. The number of nitrogens with two attached hydrogens (primary N) is 1. The predicted molar refractivity (Wildman–Crippen MR) is 48.5 cm³/mol. The second-order valence-corrected chi connectivity index (χ2v) is 2.97. The van der Waals surface area contributed by atoms with Crippen molar-refractivity contribution in [2.45, 2.75) is 12.3 Å². The van der Waals surface area contributed by atoms with Crippen LogP contribution in [-0.4, -0.2) is 24.6 Å². The number of aromatic nitrogens is 1. The van der Waals surface area contributed by atoms with E-state index in [1.165, 1.54) is 25.6 Å².